The second-order valence-electron chi connectivity index (χ2n) is 16.1. The average Bonchev–Trinajstić information content (AvgIpc) is 3.89. The Labute approximate surface area is 337 Å². The van der Waals surface area contributed by atoms with E-state index >= 15 is 0 Å². The van der Waals surface area contributed by atoms with Gasteiger partial charge in [0.25, 0.3) is 7.82 Å². The molecule has 0 aliphatic carbocycles. The first-order valence-corrected chi connectivity index (χ1v) is 23.2. The highest BCUT2D eigenvalue weighted by molar-refractivity contribution is 7.45. The number of amides is 1. The van der Waals surface area contributed by atoms with Gasteiger partial charge >= 0.3 is 0 Å². The molecule has 0 aromatic carbocycles. The van der Waals surface area contributed by atoms with Crippen LogP contribution in [-0.4, -0.2) is 80.8 Å². The number of nitrogens with zero attached hydrogens (tertiary/aromatic N) is 1. The van der Waals surface area contributed by atoms with E-state index in [2.05, 4.69) is 67.8 Å². The molecule has 3 unspecified atom stereocenters. The maximum atomic E-state index is 12.8. The van der Waals surface area contributed by atoms with Crippen molar-refractivity contribution in [3.05, 3.63) is 60.8 Å². The lowest BCUT2D eigenvalue weighted by Crippen LogP contribution is -2.46. The van der Waals surface area contributed by atoms with Gasteiger partial charge in [-0.2, -0.15) is 0 Å². The molecule has 55 heavy (non-hydrogen) atoms. The molecule has 10 heteroatoms. The number of likely N-dealkylation sites (N-methyl/N-ethyl adjacent to an activating group) is 1. The van der Waals surface area contributed by atoms with Gasteiger partial charge in [-0.3, -0.25) is 9.36 Å². The van der Waals surface area contributed by atoms with Crippen molar-refractivity contribution in [2.24, 2.45) is 0 Å². The number of phosphoric acid groups is 1. The topological polar surface area (TPSA) is 120 Å². The molecule has 2 N–H and O–H groups in total. The van der Waals surface area contributed by atoms with E-state index in [1.807, 2.05) is 33.3 Å². The third-order valence-electron chi connectivity index (χ3n) is 9.69. The Morgan fingerprint density at radius 1 is 0.745 bits per heavy atom. The van der Waals surface area contributed by atoms with Gasteiger partial charge in [0.2, 0.25) is 5.91 Å². The van der Waals surface area contributed by atoms with Crippen LogP contribution in [-0.2, 0) is 23.1 Å². The summed E-state index contributed by atoms with van der Waals surface area (Å²) in [6.07, 6.45) is 44.2. The van der Waals surface area contributed by atoms with Gasteiger partial charge < -0.3 is 33.6 Å². The highest BCUT2D eigenvalue weighted by atomic mass is 31.2. The van der Waals surface area contributed by atoms with Crippen LogP contribution in [0.1, 0.15) is 155 Å². The smallest absolute Gasteiger partial charge is 0.268 e. The van der Waals surface area contributed by atoms with Crippen LogP contribution in [0.15, 0.2) is 60.8 Å². The molecule has 0 saturated carbocycles. The number of aliphatic hydroxyl groups excluding tert-OH is 1. The highest BCUT2D eigenvalue weighted by Crippen LogP contribution is 2.38. The third kappa shape index (κ3) is 32.9. The summed E-state index contributed by atoms with van der Waals surface area (Å²) in [6, 6.07) is -0.845. The van der Waals surface area contributed by atoms with Crippen molar-refractivity contribution in [2.75, 3.05) is 40.9 Å². The lowest BCUT2D eigenvalue weighted by Gasteiger charge is -2.30. The van der Waals surface area contributed by atoms with E-state index in [9.17, 15) is 19.4 Å². The van der Waals surface area contributed by atoms with Crippen molar-refractivity contribution >= 4 is 13.7 Å². The zero-order chi connectivity index (χ0) is 40.5. The maximum Gasteiger partial charge on any atom is 0.268 e. The molecular formula is C45H81N2O7P. The zero-order valence-electron chi connectivity index (χ0n) is 35.6. The predicted molar refractivity (Wildman–Crippen MR) is 228 cm³/mol. The third-order valence-corrected chi connectivity index (χ3v) is 10.7. The molecular weight excluding hydrogens is 711 g/mol. The van der Waals surface area contributed by atoms with Crippen LogP contribution in [0, 0.1) is 0 Å². The molecule has 1 aliphatic rings. The van der Waals surface area contributed by atoms with Crippen LogP contribution < -0.4 is 10.2 Å². The molecule has 1 aliphatic heterocycles. The molecule has 0 bridgehead atoms. The van der Waals surface area contributed by atoms with Crippen molar-refractivity contribution in [1.82, 2.24) is 5.32 Å². The van der Waals surface area contributed by atoms with Gasteiger partial charge in [-0.15, -0.1) is 0 Å². The fourth-order valence-electron chi connectivity index (χ4n) is 6.10. The molecule has 1 saturated heterocycles. The molecule has 5 atom stereocenters. The van der Waals surface area contributed by atoms with Gasteiger partial charge in [0.15, 0.2) is 0 Å². The van der Waals surface area contributed by atoms with E-state index in [4.69, 9.17) is 13.8 Å². The fourth-order valence-corrected chi connectivity index (χ4v) is 6.83. The van der Waals surface area contributed by atoms with Crippen molar-refractivity contribution in [2.45, 2.75) is 179 Å². The van der Waals surface area contributed by atoms with Crippen LogP contribution in [0.5, 0.6) is 0 Å². The number of epoxide rings is 1. The number of hydrogen-bond acceptors (Lipinski definition) is 7. The van der Waals surface area contributed by atoms with E-state index in [-0.39, 0.29) is 25.5 Å². The fraction of sp³-hybridized carbons (Fsp3) is 0.756. The minimum absolute atomic E-state index is 0.00624. The quantitative estimate of drug-likeness (QED) is 0.0211. The standard InChI is InChI=1S/C45H81N2O7P/c1-6-8-10-11-12-13-14-15-18-21-24-27-31-34-42(48)41(40-53-55(50,51)52-39-38-47(3,4)5)46-45(49)37-33-29-26-23-20-17-16-19-22-25-28-32-36-44-43(54-44)35-30-9-7-2/h9,17,19-20,22,26,28-30,32,41-44,48H,6-8,10-16,18,21,23-25,27,31,33-40H2,1-5H3,(H-,46,49,50,51)/b20-17-,22-19-,29-26-,30-9-,32-28-/t41-,42+,43?,44?/m0/s1. The Kier molecular flexibility index (Phi) is 30.9. The van der Waals surface area contributed by atoms with E-state index in [1.165, 1.54) is 64.2 Å². The molecule has 0 spiro atoms. The minimum atomic E-state index is -4.59. The number of ether oxygens (including phenoxy) is 1. The van der Waals surface area contributed by atoms with Crippen molar-refractivity contribution < 1.29 is 37.6 Å². The van der Waals surface area contributed by atoms with Crippen molar-refractivity contribution in [1.29, 1.82) is 0 Å². The summed E-state index contributed by atoms with van der Waals surface area (Å²) in [5.41, 5.74) is 0. The monoisotopic (exact) mass is 793 g/mol. The van der Waals surface area contributed by atoms with Gasteiger partial charge in [0, 0.05) is 6.42 Å². The molecule has 1 fully saturated rings. The zero-order valence-corrected chi connectivity index (χ0v) is 36.4. The van der Waals surface area contributed by atoms with E-state index in [0.717, 1.165) is 57.8 Å². The molecule has 1 heterocycles. The average molecular weight is 793 g/mol. The number of unbranched alkanes of at least 4 members (excludes halogenated alkanes) is 12. The van der Waals surface area contributed by atoms with Crippen LogP contribution in [0.4, 0.5) is 0 Å². The van der Waals surface area contributed by atoms with Crippen molar-refractivity contribution in [3.63, 3.8) is 0 Å². The summed E-state index contributed by atoms with van der Waals surface area (Å²) in [5, 5.41) is 13.8. The van der Waals surface area contributed by atoms with Crippen LogP contribution >= 0.6 is 7.82 Å². The van der Waals surface area contributed by atoms with E-state index < -0.39 is 20.0 Å². The number of phosphoric ester groups is 1. The lowest BCUT2D eigenvalue weighted by molar-refractivity contribution is -0.870. The first-order valence-electron chi connectivity index (χ1n) is 21.8. The highest BCUT2D eigenvalue weighted by Gasteiger charge is 2.36. The number of aliphatic hydroxyl groups is 1. The Bertz CT molecular complexity index is 1150. The largest absolute Gasteiger partial charge is 0.756 e. The van der Waals surface area contributed by atoms with Gasteiger partial charge in [0.1, 0.15) is 13.2 Å². The van der Waals surface area contributed by atoms with Gasteiger partial charge in [-0.1, -0.05) is 158 Å². The molecule has 318 valence electrons. The first kappa shape index (κ1) is 51.2. The van der Waals surface area contributed by atoms with Crippen LogP contribution in [0.2, 0.25) is 0 Å². The molecule has 9 nitrogen and oxygen atoms in total. The number of allylic oxidation sites excluding steroid dienone is 8. The summed E-state index contributed by atoms with van der Waals surface area (Å²) < 4.78 is 28.9. The lowest BCUT2D eigenvalue weighted by atomic mass is 10.0. The Morgan fingerprint density at radius 2 is 1.24 bits per heavy atom. The Balaban J connectivity index is 2.35. The van der Waals surface area contributed by atoms with Crippen LogP contribution in [0.25, 0.3) is 0 Å². The summed E-state index contributed by atoms with van der Waals surface area (Å²) >= 11 is 0. The van der Waals surface area contributed by atoms with Crippen molar-refractivity contribution in [3.8, 4) is 0 Å². The number of rotatable bonds is 37. The second-order valence-corrected chi connectivity index (χ2v) is 17.5. The Morgan fingerprint density at radius 3 is 1.76 bits per heavy atom. The number of nitrogens with one attached hydrogen (secondary N) is 1. The maximum absolute atomic E-state index is 12.8. The second kappa shape index (κ2) is 33.2. The van der Waals surface area contributed by atoms with Gasteiger partial charge in [-0.25, -0.2) is 0 Å². The number of carbonyl (C=O) groups is 1. The van der Waals surface area contributed by atoms with Gasteiger partial charge in [-0.05, 0) is 51.4 Å². The normalized spacial score (nSPS) is 18.7. The Hall–Kier alpha value is -1.84. The van der Waals surface area contributed by atoms with Crippen LogP contribution in [0.3, 0.4) is 0 Å². The number of hydrogen-bond donors (Lipinski definition) is 2. The van der Waals surface area contributed by atoms with E-state index in [1.54, 1.807) is 0 Å². The number of carbonyl (C=O) groups excluding carboxylic acids is 1. The molecule has 1 rings (SSSR count). The predicted octanol–water partition coefficient (Wildman–Crippen LogP) is 10.2. The summed E-state index contributed by atoms with van der Waals surface area (Å²) in [5.74, 6) is -0.252. The molecule has 0 radical (unpaired) electrons. The van der Waals surface area contributed by atoms with Gasteiger partial charge in [0.05, 0.1) is 52.1 Å². The van der Waals surface area contributed by atoms with E-state index in [0.29, 0.717) is 36.1 Å². The number of quaternary nitrogens is 1. The molecule has 0 aromatic rings. The first-order chi connectivity index (χ1) is 26.5. The summed E-state index contributed by atoms with van der Waals surface area (Å²) in [7, 11) is 1.24. The molecule has 1 amide bonds. The summed E-state index contributed by atoms with van der Waals surface area (Å²) in [6.45, 7) is 4.52. The summed E-state index contributed by atoms with van der Waals surface area (Å²) in [4.78, 5) is 25.3. The SMILES string of the molecule is CC/C=C\CC1OC1C/C=C\C/C=C\C/C=C\C/C=C\CCC(=O)N[C@@H](COP(=O)([O-])OCC[N+](C)(C)C)[C@H](O)CCCCCCCCCCCCCCC. The minimum Gasteiger partial charge on any atom is -0.756 e. The molecule has 0 aromatic heterocycles.